The van der Waals surface area contributed by atoms with Crippen molar-refractivity contribution in [1.29, 1.82) is 0 Å². The van der Waals surface area contributed by atoms with Crippen LogP contribution in [0.1, 0.15) is 57.1 Å². The van der Waals surface area contributed by atoms with Crippen molar-refractivity contribution in [3.63, 3.8) is 0 Å². The third-order valence-corrected chi connectivity index (χ3v) is 10.0. The average molecular weight is 672 g/mol. The Morgan fingerprint density at radius 1 is 0.959 bits per heavy atom. The Balaban J connectivity index is 1.40. The van der Waals surface area contributed by atoms with Crippen LogP contribution in [0.15, 0.2) is 78.9 Å². The second-order valence-electron chi connectivity index (χ2n) is 13.2. The Bertz CT molecular complexity index is 1580. The number of esters is 1. The smallest absolute Gasteiger partial charge is 0.313 e. The van der Waals surface area contributed by atoms with Crippen molar-refractivity contribution in [1.82, 2.24) is 10.2 Å². The molecule has 0 aromatic heterocycles. The molecule has 6 rings (SSSR count). The number of ether oxygens (including phenoxy) is 3. The number of carbonyl (C=O) groups excluding carboxylic acids is 4. The number of nitrogens with zero attached hydrogens (tertiary/aromatic N) is 2. The molecule has 0 radical (unpaired) electrons. The maximum Gasteiger partial charge on any atom is 0.313 e. The van der Waals surface area contributed by atoms with Gasteiger partial charge in [0.1, 0.15) is 29.4 Å². The standard InChI is InChI=1S/C38H45N3O8/c1-25-33(26-13-6-5-7-14-26)48-37(46)31-29(15-8-9-16-30(43)39-25)49-38-21-12-23-40(27-17-19-28(47-2)20-18-27)36(45)34(38)41(35(44)32(31)38)22-10-3-4-11-24-42/h5-8,12-15,17-21,25,29,31-34,42H,3-4,9-11,16,22-24H2,1-2H3,(H,39,43)/b15-8-/t25-,29-,31+,32+,33+,34-,38+/m0/s1. The van der Waals surface area contributed by atoms with E-state index in [0.717, 1.165) is 12.8 Å². The van der Waals surface area contributed by atoms with Crippen LogP contribution in [-0.4, -0.2) is 84.3 Å². The van der Waals surface area contributed by atoms with Crippen LogP contribution in [0.4, 0.5) is 5.69 Å². The minimum Gasteiger partial charge on any atom is -0.497 e. The van der Waals surface area contributed by atoms with Crippen LogP contribution in [0.2, 0.25) is 0 Å². The summed E-state index contributed by atoms with van der Waals surface area (Å²) in [5.74, 6) is -2.83. The van der Waals surface area contributed by atoms with Gasteiger partial charge in [0, 0.05) is 31.8 Å². The SMILES string of the molecule is COc1ccc(N2CC=C[C@@]34O[C@H]5/C=C\CCC(=O)N[C@@H](C)[C@H](c6ccccc6)OC(=O)[C@H]5[C@@H]3C(=O)N(CCCCCCO)[C@H]4C2=O)cc1. The summed E-state index contributed by atoms with van der Waals surface area (Å²) in [6.45, 7) is 2.43. The molecule has 0 saturated carbocycles. The zero-order chi connectivity index (χ0) is 34.5. The van der Waals surface area contributed by atoms with E-state index in [1.807, 2.05) is 42.5 Å². The number of hydrogen-bond donors (Lipinski definition) is 2. The molecule has 3 amide bonds. The van der Waals surface area contributed by atoms with Gasteiger partial charge in [-0.05, 0) is 56.0 Å². The Kier molecular flexibility index (Phi) is 10.5. The minimum atomic E-state index is -1.43. The van der Waals surface area contributed by atoms with E-state index in [0.29, 0.717) is 42.8 Å². The quantitative estimate of drug-likeness (QED) is 0.233. The van der Waals surface area contributed by atoms with Gasteiger partial charge in [-0.2, -0.15) is 0 Å². The van der Waals surface area contributed by atoms with Gasteiger partial charge in [0.2, 0.25) is 11.8 Å². The monoisotopic (exact) mass is 671 g/mol. The molecule has 11 heteroatoms. The highest BCUT2D eigenvalue weighted by molar-refractivity contribution is 6.05. The lowest BCUT2D eigenvalue weighted by Crippen LogP contribution is -2.55. The predicted molar refractivity (Wildman–Crippen MR) is 181 cm³/mol. The topological polar surface area (TPSA) is 135 Å². The molecule has 0 unspecified atom stereocenters. The Hall–Kier alpha value is -4.48. The van der Waals surface area contributed by atoms with Gasteiger partial charge in [-0.3, -0.25) is 19.2 Å². The largest absolute Gasteiger partial charge is 0.497 e. The lowest BCUT2D eigenvalue weighted by Gasteiger charge is -2.35. The zero-order valence-corrected chi connectivity index (χ0v) is 28.0. The first-order valence-corrected chi connectivity index (χ1v) is 17.2. The maximum absolute atomic E-state index is 14.7. The number of benzene rings is 2. The Morgan fingerprint density at radius 2 is 1.71 bits per heavy atom. The van der Waals surface area contributed by atoms with Gasteiger partial charge in [0.15, 0.2) is 0 Å². The molecule has 260 valence electrons. The molecule has 2 aromatic carbocycles. The molecule has 2 saturated heterocycles. The van der Waals surface area contributed by atoms with Crippen molar-refractivity contribution in [3.8, 4) is 5.75 Å². The van der Waals surface area contributed by atoms with Gasteiger partial charge in [-0.1, -0.05) is 67.5 Å². The number of methoxy groups -OCH3 is 1. The van der Waals surface area contributed by atoms with E-state index >= 15 is 0 Å². The zero-order valence-electron chi connectivity index (χ0n) is 28.0. The van der Waals surface area contributed by atoms with Crippen LogP contribution in [0, 0.1) is 11.8 Å². The van der Waals surface area contributed by atoms with E-state index in [2.05, 4.69) is 5.32 Å². The summed E-state index contributed by atoms with van der Waals surface area (Å²) < 4.78 is 18.4. The van der Waals surface area contributed by atoms with E-state index in [4.69, 9.17) is 14.2 Å². The number of aliphatic hydroxyl groups is 1. The maximum atomic E-state index is 14.7. The van der Waals surface area contributed by atoms with Gasteiger partial charge < -0.3 is 34.4 Å². The predicted octanol–water partition coefficient (Wildman–Crippen LogP) is 3.87. The van der Waals surface area contributed by atoms with Crippen molar-refractivity contribution in [2.45, 2.75) is 75.3 Å². The molecule has 0 bridgehead atoms. The number of aliphatic hydroxyl groups excluding tert-OH is 1. The highest BCUT2D eigenvalue weighted by Crippen LogP contribution is 2.53. The molecule has 4 heterocycles. The lowest BCUT2D eigenvalue weighted by molar-refractivity contribution is -0.161. The van der Waals surface area contributed by atoms with E-state index in [9.17, 15) is 24.3 Å². The summed E-state index contributed by atoms with van der Waals surface area (Å²) in [7, 11) is 1.58. The summed E-state index contributed by atoms with van der Waals surface area (Å²) in [5.41, 5.74) is -0.0745. The normalized spacial score (nSPS) is 30.7. The second-order valence-corrected chi connectivity index (χ2v) is 13.2. The van der Waals surface area contributed by atoms with E-state index in [1.165, 1.54) is 0 Å². The number of likely N-dealkylation sites (tertiary alicyclic amines) is 1. The number of allylic oxidation sites excluding steroid dienone is 1. The molecule has 2 aromatic rings. The average Bonchev–Trinajstić information content (AvgIpc) is 3.49. The van der Waals surface area contributed by atoms with Crippen LogP contribution in [0.5, 0.6) is 5.75 Å². The number of rotatable bonds is 9. The van der Waals surface area contributed by atoms with E-state index in [-0.39, 0.29) is 37.3 Å². The molecule has 11 nitrogen and oxygen atoms in total. The Morgan fingerprint density at radius 3 is 2.45 bits per heavy atom. The number of cyclic esters (lactones) is 1. The third kappa shape index (κ3) is 6.74. The third-order valence-electron chi connectivity index (χ3n) is 10.0. The summed E-state index contributed by atoms with van der Waals surface area (Å²) in [4.78, 5) is 59.9. The lowest BCUT2D eigenvalue weighted by atomic mass is 9.77. The first-order chi connectivity index (χ1) is 23.8. The van der Waals surface area contributed by atoms with Gasteiger partial charge in [0.05, 0.1) is 25.2 Å². The molecule has 2 N–H and O–H groups in total. The molecule has 4 aliphatic rings. The van der Waals surface area contributed by atoms with Crippen molar-refractivity contribution >= 4 is 29.4 Å². The van der Waals surface area contributed by atoms with Crippen LogP contribution < -0.4 is 15.0 Å². The molecular formula is C38H45N3O8. The molecule has 4 aliphatic heterocycles. The number of hydrogen-bond acceptors (Lipinski definition) is 8. The second kappa shape index (κ2) is 15.0. The number of unbranched alkanes of at least 4 members (excludes halogenated alkanes) is 3. The van der Waals surface area contributed by atoms with Gasteiger partial charge in [0.25, 0.3) is 5.91 Å². The van der Waals surface area contributed by atoms with Gasteiger partial charge in [-0.25, -0.2) is 0 Å². The van der Waals surface area contributed by atoms with Gasteiger partial charge >= 0.3 is 5.97 Å². The molecular weight excluding hydrogens is 626 g/mol. The Labute approximate surface area is 286 Å². The van der Waals surface area contributed by atoms with Crippen molar-refractivity contribution in [2.24, 2.45) is 11.8 Å². The summed E-state index contributed by atoms with van der Waals surface area (Å²) in [6.07, 6.45) is 8.97. The summed E-state index contributed by atoms with van der Waals surface area (Å²) in [6, 6.07) is 14.8. The van der Waals surface area contributed by atoms with Crippen LogP contribution >= 0.6 is 0 Å². The van der Waals surface area contributed by atoms with Crippen LogP contribution in [-0.2, 0) is 28.7 Å². The first kappa shape index (κ1) is 34.4. The molecule has 0 aliphatic carbocycles. The molecule has 2 fully saturated rings. The fraction of sp³-hybridized carbons (Fsp3) is 0.474. The minimum absolute atomic E-state index is 0.0926. The molecule has 1 spiro atoms. The number of anilines is 1. The van der Waals surface area contributed by atoms with Crippen LogP contribution in [0.3, 0.4) is 0 Å². The summed E-state index contributed by atoms with van der Waals surface area (Å²) >= 11 is 0. The highest BCUT2D eigenvalue weighted by Gasteiger charge is 2.71. The highest BCUT2D eigenvalue weighted by atomic mass is 16.6. The van der Waals surface area contributed by atoms with Crippen molar-refractivity contribution in [3.05, 3.63) is 84.5 Å². The number of amides is 3. The summed E-state index contributed by atoms with van der Waals surface area (Å²) in [5, 5.41) is 12.2. The number of carbonyl (C=O) groups is 4. The molecule has 49 heavy (non-hydrogen) atoms. The van der Waals surface area contributed by atoms with Gasteiger partial charge in [-0.15, -0.1) is 0 Å². The molecule has 7 atom stereocenters. The van der Waals surface area contributed by atoms with Crippen molar-refractivity contribution < 1.29 is 38.5 Å². The number of fused-ring (bicyclic) bond motifs is 2. The van der Waals surface area contributed by atoms with Crippen molar-refractivity contribution in [2.75, 3.05) is 31.7 Å². The first-order valence-electron chi connectivity index (χ1n) is 17.2. The number of nitrogens with one attached hydrogen (secondary N) is 1. The van der Waals surface area contributed by atoms with E-state index in [1.54, 1.807) is 60.3 Å². The van der Waals surface area contributed by atoms with E-state index < -0.39 is 47.7 Å². The fourth-order valence-corrected chi connectivity index (χ4v) is 7.69. The van der Waals surface area contributed by atoms with Crippen LogP contribution in [0.25, 0.3) is 0 Å². The fourth-order valence-electron chi connectivity index (χ4n) is 7.69.